The molecule has 1 rings (SSSR count). The minimum Gasteiger partial charge on any atom is -0.494 e. The van der Waals surface area contributed by atoms with Gasteiger partial charge in [0.25, 0.3) is 0 Å². The van der Waals surface area contributed by atoms with Crippen LogP contribution in [-0.2, 0) is 21.3 Å². The second-order valence-corrected chi connectivity index (χ2v) is 5.67. The van der Waals surface area contributed by atoms with E-state index in [1.807, 2.05) is 6.92 Å². The number of hydrogen-bond acceptors (Lipinski definition) is 4. The van der Waals surface area contributed by atoms with E-state index in [1.54, 1.807) is 25.3 Å². The molecule has 0 aliphatic heterocycles. The Morgan fingerprint density at radius 1 is 1.37 bits per heavy atom. The summed E-state index contributed by atoms with van der Waals surface area (Å²) in [6.45, 7) is 4.41. The van der Waals surface area contributed by atoms with E-state index in [1.165, 1.54) is 6.92 Å². The molecule has 5 heteroatoms. The number of hydrogen-bond donors (Lipinski definition) is 0. The van der Waals surface area contributed by atoms with Crippen LogP contribution in [0.2, 0.25) is 0 Å². The van der Waals surface area contributed by atoms with Gasteiger partial charge in [-0.05, 0) is 32.0 Å². The van der Waals surface area contributed by atoms with E-state index in [0.29, 0.717) is 36.0 Å². The third-order valence-corrected chi connectivity index (χ3v) is 3.85. The molecule has 0 aromatic heterocycles. The van der Waals surface area contributed by atoms with Crippen molar-refractivity contribution in [1.29, 1.82) is 0 Å². The first-order valence-corrected chi connectivity index (χ1v) is 7.67. The molecular weight excluding hydrogens is 264 g/mol. The van der Waals surface area contributed by atoms with Crippen molar-refractivity contribution in [1.82, 2.24) is 0 Å². The van der Waals surface area contributed by atoms with Crippen molar-refractivity contribution in [3.8, 4) is 5.75 Å². The van der Waals surface area contributed by atoms with Crippen LogP contribution in [0.5, 0.6) is 5.75 Å². The molecule has 19 heavy (non-hydrogen) atoms. The van der Waals surface area contributed by atoms with Gasteiger partial charge in [-0.1, -0.05) is 0 Å². The zero-order chi connectivity index (χ0) is 14.3. The molecule has 0 bridgehead atoms. The van der Waals surface area contributed by atoms with Gasteiger partial charge in [0, 0.05) is 34.8 Å². The van der Waals surface area contributed by atoms with Gasteiger partial charge in [-0.2, -0.15) is 0 Å². The summed E-state index contributed by atoms with van der Waals surface area (Å²) in [7, 11) is 0.560. The van der Waals surface area contributed by atoms with E-state index in [2.05, 4.69) is 0 Å². The summed E-state index contributed by atoms with van der Waals surface area (Å²) >= 11 is 0. The number of carbonyl (C=O) groups is 1. The number of ketones is 1. The van der Waals surface area contributed by atoms with Gasteiger partial charge in [-0.25, -0.2) is 0 Å². The SMILES string of the molecule is CCOc1ccc(C(C)=O)cc1CS(=O)CCOC. The molecule has 0 aliphatic rings. The Bertz CT molecular complexity index is 457. The maximum absolute atomic E-state index is 11.9. The average Bonchev–Trinajstić information content (AvgIpc) is 2.38. The van der Waals surface area contributed by atoms with Crippen LogP contribution >= 0.6 is 0 Å². The highest BCUT2D eigenvalue weighted by Crippen LogP contribution is 2.22. The van der Waals surface area contributed by atoms with E-state index in [4.69, 9.17) is 9.47 Å². The van der Waals surface area contributed by atoms with Crippen LogP contribution in [0.4, 0.5) is 0 Å². The minimum absolute atomic E-state index is 0.00743. The van der Waals surface area contributed by atoms with Crippen LogP contribution in [0.15, 0.2) is 18.2 Å². The summed E-state index contributed by atoms with van der Waals surface area (Å²) in [6, 6.07) is 5.26. The van der Waals surface area contributed by atoms with Crippen molar-refractivity contribution in [2.75, 3.05) is 26.1 Å². The molecule has 0 amide bonds. The molecule has 0 fully saturated rings. The predicted octanol–water partition coefficient (Wildman–Crippen LogP) is 2.18. The molecule has 0 saturated heterocycles. The maximum atomic E-state index is 11.9. The number of ether oxygens (including phenoxy) is 2. The first-order chi connectivity index (χ1) is 9.08. The van der Waals surface area contributed by atoms with Gasteiger partial charge in [-0.3, -0.25) is 9.00 Å². The molecule has 0 heterocycles. The minimum atomic E-state index is -1.02. The normalized spacial score (nSPS) is 12.2. The van der Waals surface area contributed by atoms with Gasteiger partial charge in [0.15, 0.2) is 5.78 Å². The van der Waals surface area contributed by atoms with E-state index in [9.17, 15) is 9.00 Å². The van der Waals surface area contributed by atoms with Gasteiger partial charge in [0.05, 0.1) is 19.0 Å². The topological polar surface area (TPSA) is 52.6 Å². The monoisotopic (exact) mass is 284 g/mol. The number of rotatable bonds is 8. The van der Waals surface area contributed by atoms with E-state index in [0.717, 1.165) is 5.56 Å². The lowest BCUT2D eigenvalue weighted by molar-refractivity contribution is 0.101. The van der Waals surface area contributed by atoms with Crippen LogP contribution in [0.25, 0.3) is 0 Å². The predicted molar refractivity (Wildman–Crippen MR) is 76.2 cm³/mol. The number of benzene rings is 1. The quantitative estimate of drug-likeness (QED) is 0.687. The molecule has 0 aliphatic carbocycles. The van der Waals surface area contributed by atoms with Crippen molar-refractivity contribution in [3.63, 3.8) is 0 Å². The molecule has 1 unspecified atom stereocenters. The van der Waals surface area contributed by atoms with Crippen LogP contribution < -0.4 is 4.74 Å². The molecule has 1 aromatic rings. The van der Waals surface area contributed by atoms with Crippen LogP contribution in [0, 0.1) is 0 Å². The highest BCUT2D eigenvalue weighted by atomic mass is 32.2. The van der Waals surface area contributed by atoms with E-state index < -0.39 is 10.8 Å². The smallest absolute Gasteiger partial charge is 0.159 e. The lowest BCUT2D eigenvalue weighted by Crippen LogP contribution is -2.08. The Hall–Kier alpha value is -1.20. The van der Waals surface area contributed by atoms with E-state index in [-0.39, 0.29) is 5.78 Å². The summed E-state index contributed by atoms with van der Waals surface area (Å²) in [5.41, 5.74) is 1.42. The van der Waals surface area contributed by atoms with E-state index >= 15 is 0 Å². The fourth-order valence-electron chi connectivity index (χ4n) is 1.63. The summed E-state index contributed by atoms with van der Waals surface area (Å²) in [5, 5.41) is 0. The third-order valence-electron chi connectivity index (χ3n) is 2.60. The summed E-state index contributed by atoms with van der Waals surface area (Å²) in [5.74, 6) is 1.54. The first-order valence-electron chi connectivity index (χ1n) is 6.19. The van der Waals surface area contributed by atoms with Crippen LogP contribution in [-0.4, -0.2) is 36.1 Å². The van der Waals surface area contributed by atoms with Gasteiger partial charge >= 0.3 is 0 Å². The lowest BCUT2D eigenvalue weighted by Gasteiger charge is -2.11. The Labute approximate surface area is 116 Å². The van der Waals surface area contributed by atoms with Gasteiger partial charge in [0.1, 0.15) is 5.75 Å². The fourth-order valence-corrected chi connectivity index (χ4v) is 2.70. The van der Waals surface area contributed by atoms with Crippen molar-refractivity contribution >= 4 is 16.6 Å². The third kappa shape index (κ3) is 5.12. The molecule has 0 spiro atoms. The lowest BCUT2D eigenvalue weighted by atomic mass is 10.1. The van der Waals surface area contributed by atoms with Gasteiger partial charge in [0.2, 0.25) is 0 Å². The molecule has 0 N–H and O–H groups in total. The molecule has 4 nitrogen and oxygen atoms in total. The van der Waals surface area contributed by atoms with Crippen molar-refractivity contribution in [2.24, 2.45) is 0 Å². The Balaban J connectivity index is 2.90. The Morgan fingerprint density at radius 2 is 2.11 bits per heavy atom. The second kappa shape index (κ2) is 8.07. The van der Waals surface area contributed by atoms with Crippen molar-refractivity contribution in [2.45, 2.75) is 19.6 Å². The summed E-state index contributed by atoms with van der Waals surface area (Å²) < 4.78 is 22.3. The highest BCUT2D eigenvalue weighted by molar-refractivity contribution is 7.84. The van der Waals surface area contributed by atoms with Crippen LogP contribution in [0.1, 0.15) is 29.8 Å². The zero-order valence-electron chi connectivity index (χ0n) is 11.6. The fraction of sp³-hybridized carbons (Fsp3) is 0.500. The average molecular weight is 284 g/mol. The molecular formula is C14H20O4S. The Kier molecular flexibility index (Phi) is 6.73. The highest BCUT2D eigenvalue weighted by Gasteiger charge is 2.11. The summed E-state index contributed by atoms with van der Waals surface area (Å²) in [6.07, 6.45) is 0. The van der Waals surface area contributed by atoms with Gasteiger partial charge < -0.3 is 9.47 Å². The zero-order valence-corrected chi connectivity index (χ0v) is 12.4. The summed E-state index contributed by atoms with van der Waals surface area (Å²) in [4.78, 5) is 11.4. The number of Topliss-reactive ketones (excluding diaryl/α,β-unsaturated/α-hetero) is 1. The molecule has 0 radical (unpaired) electrons. The largest absolute Gasteiger partial charge is 0.494 e. The first kappa shape index (κ1) is 15.9. The van der Waals surface area contributed by atoms with Crippen LogP contribution in [0.3, 0.4) is 0 Å². The molecule has 1 aromatic carbocycles. The van der Waals surface area contributed by atoms with Gasteiger partial charge in [-0.15, -0.1) is 0 Å². The standard InChI is InChI=1S/C14H20O4S/c1-4-18-14-6-5-12(11(2)15)9-13(14)10-19(16)8-7-17-3/h5-6,9H,4,7-8,10H2,1-3H3. The Morgan fingerprint density at radius 3 is 2.68 bits per heavy atom. The number of methoxy groups -OCH3 is 1. The maximum Gasteiger partial charge on any atom is 0.159 e. The van der Waals surface area contributed by atoms with Crippen molar-refractivity contribution < 1.29 is 18.5 Å². The molecule has 1 atom stereocenters. The van der Waals surface area contributed by atoms with Crippen molar-refractivity contribution in [3.05, 3.63) is 29.3 Å². The second-order valence-electron chi connectivity index (χ2n) is 4.09. The molecule has 106 valence electrons. The number of carbonyl (C=O) groups excluding carboxylic acids is 1. The molecule has 0 saturated carbocycles.